The zero-order valence-electron chi connectivity index (χ0n) is 19.0. The van der Waals surface area contributed by atoms with Crippen LogP contribution in [0, 0.1) is 5.82 Å². The van der Waals surface area contributed by atoms with Crippen molar-refractivity contribution >= 4 is 23.4 Å². The quantitative estimate of drug-likeness (QED) is 0.476. The van der Waals surface area contributed by atoms with Gasteiger partial charge in [-0.05, 0) is 19.2 Å². The van der Waals surface area contributed by atoms with Crippen LogP contribution in [0.1, 0.15) is 0 Å². The number of carbonyl (C=O) groups is 2. The fraction of sp³-hybridized carbons (Fsp3) is 0.333. The molecule has 1 aromatic carbocycles. The summed E-state index contributed by atoms with van der Waals surface area (Å²) in [7, 11) is 2.13. The molecular formula is C21H20F7N5O4. The van der Waals surface area contributed by atoms with Crippen molar-refractivity contribution in [3.8, 4) is 11.3 Å². The first-order chi connectivity index (χ1) is 17.1. The Labute approximate surface area is 204 Å². The molecule has 1 saturated heterocycles. The summed E-state index contributed by atoms with van der Waals surface area (Å²) in [6, 6.07) is 6.58. The molecule has 0 bridgehead atoms. The van der Waals surface area contributed by atoms with Crippen LogP contribution in [-0.4, -0.2) is 87.0 Å². The van der Waals surface area contributed by atoms with Crippen molar-refractivity contribution in [2.75, 3.05) is 38.1 Å². The second kappa shape index (κ2) is 11.9. The van der Waals surface area contributed by atoms with Gasteiger partial charge >= 0.3 is 24.3 Å². The summed E-state index contributed by atoms with van der Waals surface area (Å²) in [5.41, 5.74) is 2.50. The third-order valence-electron chi connectivity index (χ3n) is 4.82. The number of nitrogens with zero attached hydrogens (tertiary/aromatic N) is 5. The number of imidazole rings is 1. The lowest BCUT2D eigenvalue weighted by atomic mass is 10.1. The van der Waals surface area contributed by atoms with Crippen LogP contribution in [0.4, 0.5) is 36.6 Å². The summed E-state index contributed by atoms with van der Waals surface area (Å²) in [5.74, 6) is -4.87. The van der Waals surface area contributed by atoms with Gasteiger partial charge in [0.05, 0.1) is 11.9 Å². The predicted molar refractivity (Wildman–Crippen MR) is 115 cm³/mol. The van der Waals surface area contributed by atoms with E-state index in [9.17, 15) is 30.7 Å². The van der Waals surface area contributed by atoms with E-state index >= 15 is 0 Å². The van der Waals surface area contributed by atoms with Gasteiger partial charge in [-0.3, -0.25) is 4.40 Å². The third kappa shape index (κ3) is 8.30. The van der Waals surface area contributed by atoms with Gasteiger partial charge in [0, 0.05) is 44.1 Å². The van der Waals surface area contributed by atoms with Crippen molar-refractivity contribution in [3.05, 3.63) is 48.7 Å². The van der Waals surface area contributed by atoms with Gasteiger partial charge in [0.25, 0.3) is 0 Å². The Bertz CT molecular complexity index is 1200. The number of alkyl halides is 6. The van der Waals surface area contributed by atoms with E-state index in [1.54, 1.807) is 18.5 Å². The molecule has 4 rings (SSSR count). The van der Waals surface area contributed by atoms with E-state index in [0.717, 1.165) is 48.9 Å². The van der Waals surface area contributed by atoms with Crippen molar-refractivity contribution in [1.82, 2.24) is 19.3 Å². The Morgan fingerprint density at radius 2 is 1.46 bits per heavy atom. The van der Waals surface area contributed by atoms with Crippen LogP contribution in [0.2, 0.25) is 0 Å². The molecule has 0 unspecified atom stereocenters. The molecule has 0 atom stereocenters. The van der Waals surface area contributed by atoms with Gasteiger partial charge in [0.1, 0.15) is 5.82 Å². The largest absolute Gasteiger partial charge is 0.490 e. The van der Waals surface area contributed by atoms with Crippen molar-refractivity contribution in [3.63, 3.8) is 0 Å². The number of anilines is 1. The summed E-state index contributed by atoms with van der Waals surface area (Å²) >= 11 is 0. The second-order valence-electron chi connectivity index (χ2n) is 7.49. The van der Waals surface area contributed by atoms with Gasteiger partial charge < -0.3 is 20.0 Å². The maximum Gasteiger partial charge on any atom is 0.490 e. The number of benzene rings is 1. The summed E-state index contributed by atoms with van der Waals surface area (Å²) in [6.07, 6.45) is -4.72. The van der Waals surface area contributed by atoms with Crippen LogP contribution in [0.3, 0.4) is 0 Å². The maximum atomic E-state index is 13.5. The molecule has 3 aromatic rings. The number of aromatic nitrogens is 3. The molecule has 2 aromatic heterocycles. The molecule has 9 nitrogen and oxygen atoms in total. The Morgan fingerprint density at radius 1 is 0.919 bits per heavy atom. The molecule has 1 aliphatic rings. The molecule has 202 valence electrons. The molecule has 37 heavy (non-hydrogen) atoms. The second-order valence-corrected chi connectivity index (χ2v) is 7.49. The van der Waals surface area contributed by atoms with Gasteiger partial charge in [-0.1, -0.05) is 12.1 Å². The lowest BCUT2D eigenvalue weighted by Gasteiger charge is -2.33. The van der Waals surface area contributed by atoms with E-state index in [1.165, 1.54) is 12.1 Å². The zero-order chi connectivity index (χ0) is 28.0. The Kier molecular flexibility index (Phi) is 9.38. The third-order valence-corrected chi connectivity index (χ3v) is 4.82. The molecule has 16 heteroatoms. The van der Waals surface area contributed by atoms with Gasteiger partial charge in [0.2, 0.25) is 0 Å². The highest BCUT2D eigenvalue weighted by atomic mass is 19.4. The van der Waals surface area contributed by atoms with Gasteiger partial charge in [-0.25, -0.2) is 23.9 Å². The summed E-state index contributed by atoms with van der Waals surface area (Å²) in [6.45, 7) is 3.90. The molecule has 0 saturated carbocycles. The average molecular weight is 539 g/mol. The number of likely N-dealkylation sites (N-methyl/N-ethyl adjacent to an activating group) is 1. The molecule has 0 amide bonds. The van der Waals surface area contributed by atoms with E-state index in [0.29, 0.717) is 0 Å². The zero-order valence-corrected chi connectivity index (χ0v) is 19.0. The average Bonchev–Trinajstić information content (AvgIpc) is 3.24. The number of carboxylic acids is 2. The molecule has 0 aliphatic carbocycles. The number of piperazine rings is 1. The number of fused-ring (bicyclic) bond motifs is 1. The minimum atomic E-state index is -5.08. The van der Waals surface area contributed by atoms with Crippen molar-refractivity contribution in [2.45, 2.75) is 12.4 Å². The van der Waals surface area contributed by atoms with E-state index in [2.05, 4.69) is 26.8 Å². The van der Waals surface area contributed by atoms with Gasteiger partial charge in [-0.2, -0.15) is 26.3 Å². The first-order valence-corrected chi connectivity index (χ1v) is 10.2. The van der Waals surface area contributed by atoms with E-state index in [4.69, 9.17) is 19.8 Å². The molecular weight excluding hydrogens is 519 g/mol. The Hall–Kier alpha value is -3.95. The summed E-state index contributed by atoms with van der Waals surface area (Å²) in [4.78, 5) is 31.4. The summed E-state index contributed by atoms with van der Waals surface area (Å²) < 4.78 is 79.0. The van der Waals surface area contributed by atoms with Crippen molar-refractivity contribution in [2.24, 2.45) is 0 Å². The highest BCUT2D eigenvalue weighted by Gasteiger charge is 2.38. The number of hydrogen-bond acceptors (Lipinski definition) is 6. The number of carboxylic acid groups (broad SMARTS) is 2. The van der Waals surface area contributed by atoms with E-state index in [1.807, 2.05) is 16.7 Å². The molecule has 2 N–H and O–H groups in total. The fourth-order valence-corrected chi connectivity index (χ4v) is 3.01. The number of halogens is 7. The number of rotatable bonds is 2. The van der Waals surface area contributed by atoms with Crippen molar-refractivity contribution in [1.29, 1.82) is 0 Å². The molecule has 1 fully saturated rings. The Morgan fingerprint density at radius 3 is 1.95 bits per heavy atom. The molecule has 3 heterocycles. The number of hydrogen-bond donors (Lipinski definition) is 2. The van der Waals surface area contributed by atoms with Gasteiger partial charge in [-0.15, -0.1) is 0 Å². The Balaban J connectivity index is 0.000000286. The van der Waals surface area contributed by atoms with Crippen LogP contribution in [0.25, 0.3) is 16.9 Å². The first-order valence-electron chi connectivity index (χ1n) is 10.2. The van der Waals surface area contributed by atoms with Crippen LogP contribution in [0.5, 0.6) is 0 Å². The fourth-order valence-electron chi connectivity index (χ4n) is 3.01. The normalized spacial score (nSPS) is 14.3. The topological polar surface area (TPSA) is 111 Å². The summed E-state index contributed by atoms with van der Waals surface area (Å²) in [5, 5.41) is 14.2. The van der Waals surface area contributed by atoms with Gasteiger partial charge in [0.15, 0.2) is 11.5 Å². The monoisotopic (exact) mass is 539 g/mol. The smallest absolute Gasteiger partial charge is 0.475 e. The van der Waals surface area contributed by atoms with Crippen molar-refractivity contribution < 1.29 is 50.5 Å². The highest BCUT2D eigenvalue weighted by molar-refractivity contribution is 5.73. The molecule has 0 radical (unpaired) electrons. The highest BCUT2D eigenvalue weighted by Crippen LogP contribution is 2.26. The maximum absolute atomic E-state index is 13.5. The standard InChI is InChI=1S/C17H18FN5.2C2HF3O2/c1-21-7-9-22(10-8-21)16-17-20-12-15(23(17)6-5-19-16)13-3-2-4-14(18)11-13;2*3-2(4,5)1(6)7/h2-6,11-12H,7-10H2,1H3;2*(H,6,7). The van der Waals surface area contributed by atoms with E-state index < -0.39 is 24.3 Å². The minimum absolute atomic E-state index is 0.245. The van der Waals surface area contributed by atoms with E-state index in [-0.39, 0.29) is 5.82 Å². The lowest BCUT2D eigenvalue weighted by Crippen LogP contribution is -2.45. The molecule has 0 spiro atoms. The van der Waals surface area contributed by atoms with Crippen LogP contribution >= 0.6 is 0 Å². The minimum Gasteiger partial charge on any atom is -0.475 e. The van der Waals surface area contributed by atoms with Crippen LogP contribution < -0.4 is 4.90 Å². The van der Waals surface area contributed by atoms with Crippen LogP contribution in [0.15, 0.2) is 42.9 Å². The SMILES string of the molecule is CN1CCN(c2nccn3c(-c4cccc(F)c4)cnc23)CC1.O=C(O)C(F)(F)F.O=C(O)C(F)(F)F. The van der Waals surface area contributed by atoms with Crippen LogP contribution in [-0.2, 0) is 9.59 Å². The first kappa shape index (κ1) is 29.3. The predicted octanol–water partition coefficient (Wildman–Crippen LogP) is 3.55. The number of aliphatic carboxylic acids is 2. The molecule has 1 aliphatic heterocycles. The lowest BCUT2D eigenvalue weighted by molar-refractivity contribution is -0.193.